The Morgan fingerprint density at radius 3 is 2.53 bits per heavy atom. The average molecular weight is 455 g/mol. The van der Waals surface area contributed by atoms with Gasteiger partial charge in [-0.05, 0) is 36.6 Å². The minimum atomic E-state index is -0.327. The average Bonchev–Trinajstić information content (AvgIpc) is 3.26. The quantitative estimate of drug-likeness (QED) is 0.555. The molecule has 8 nitrogen and oxygen atoms in total. The van der Waals surface area contributed by atoms with Gasteiger partial charge >= 0.3 is 0 Å². The van der Waals surface area contributed by atoms with Crippen LogP contribution in [0, 0.1) is 11.7 Å². The first kappa shape index (κ1) is 21.8. The number of benzene rings is 1. The van der Waals surface area contributed by atoms with Crippen LogP contribution in [0.2, 0.25) is 0 Å². The van der Waals surface area contributed by atoms with E-state index in [9.17, 15) is 14.0 Å². The van der Waals surface area contributed by atoms with Gasteiger partial charge in [-0.3, -0.25) is 20.4 Å². The Labute approximate surface area is 188 Å². The first-order valence-electron chi connectivity index (χ1n) is 10.4. The number of halogens is 1. The molecule has 0 aliphatic carbocycles. The Hall–Kier alpha value is -3.40. The van der Waals surface area contributed by atoms with Crippen molar-refractivity contribution >= 4 is 29.1 Å². The highest BCUT2D eigenvalue weighted by molar-refractivity contribution is 7.09. The number of anilines is 1. The number of amides is 2. The second-order valence-electron chi connectivity index (χ2n) is 7.56. The molecule has 2 N–H and O–H groups in total. The van der Waals surface area contributed by atoms with Crippen molar-refractivity contribution in [2.75, 3.05) is 18.0 Å². The van der Waals surface area contributed by atoms with Gasteiger partial charge in [0.2, 0.25) is 17.8 Å². The molecule has 4 rings (SSSR count). The minimum Gasteiger partial charge on any atom is -0.341 e. The van der Waals surface area contributed by atoms with Crippen molar-refractivity contribution in [2.24, 2.45) is 5.92 Å². The molecule has 1 aliphatic rings. The van der Waals surface area contributed by atoms with Crippen LogP contribution in [0.4, 0.5) is 10.3 Å². The third kappa shape index (κ3) is 5.85. The molecule has 1 fully saturated rings. The van der Waals surface area contributed by atoms with E-state index in [1.807, 2.05) is 10.3 Å². The first-order valence-corrected chi connectivity index (χ1v) is 11.2. The Morgan fingerprint density at radius 1 is 1.09 bits per heavy atom. The second-order valence-corrected chi connectivity index (χ2v) is 8.50. The summed E-state index contributed by atoms with van der Waals surface area (Å²) in [5, 5.41) is 2.67. The number of piperidine rings is 1. The summed E-state index contributed by atoms with van der Waals surface area (Å²) in [5.74, 6) is -0.295. The maximum atomic E-state index is 13.0. The van der Waals surface area contributed by atoms with Crippen molar-refractivity contribution in [2.45, 2.75) is 25.7 Å². The molecule has 0 spiro atoms. The third-order valence-corrected chi connectivity index (χ3v) is 6.13. The SMILES string of the molecule is O=C(Cc1csc(Cc2ccc(F)cc2)n1)NNC(=O)C1CCN(c2ncccn2)CC1. The van der Waals surface area contributed by atoms with Crippen LogP contribution >= 0.6 is 11.3 Å². The van der Waals surface area contributed by atoms with E-state index in [4.69, 9.17) is 0 Å². The number of nitrogens with one attached hydrogen (secondary N) is 2. The van der Waals surface area contributed by atoms with E-state index in [-0.39, 0.29) is 30.0 Å². The van der Waals surface area contributed by atoms with E-state index in [1.165, 1.54) is 23.5 Å². The number of thiazole rings is 1. The molecule has 3 aromatic rings. The molecule has 1 aliphatic heterocycles. The number of hydrogen-bond acceptors (Lipinski definition) is 7. The Balaban J connectivity index is 1.19. The zero-order valence-corrected chi connectivity index (χ0v) is 18.1. The van der Waals surface area contributed by atoms with E-state index in [2.05, 4.69) is 25.8 Å². The van der Waals surface area contributed by atoms with Crippen molar-refractivity contribution in [1.29, 1.82) is 0 Å². The topological polar surface area (TPSA) is 100 Å². The molecule has 3 heterocycles. The van der Waals surface area contributed by atoms with Gasteiger partial charge in [0.05, 0.1) is 17.1 Å². The van der Waals surface area contributed by atoms with Gasteiger partial charge in [0.25, 0.3) is 0 Å². The molecule has 166 valence electrons. The monoisotopic (exact) mass is 454 g/mol. The van der Waals surface area contributed by atoms with Crippen LogP contribution in [0.1, 0.15) is 29.1 Å². The Bertz CT molecular complexity index is 1050. The third-order valence-electron chi connectivity index (χ3n) is 5.24. The van der Waals surface area contributed by atoms with E-state index >= 15 is 0 Å². The van der Waals surface area contributed by atoms with E-state index in [0.29, 0.717) is 44.0 Å². The van der Waals surface area contributed by atoms with Gasteiger partial charge in [-0.15, -0.1) is 11.3 Å². The lowest BCUT2D eigenvalue weighted by Crippen LogP contribution is -2.48. The van der Waals surface area contributed by atoms with Gasteiger partial charge in [-0.25, -0.2) is 19.3 Å². The Morgan fingerprint density at radius 2 is 1.81 bits per heavy atom. The van der Waals surface area contributed by atoms with Crippen molar-refractivity contribution in [3.8, 4) is 0 Å². The maximum absolute atomic E-state index is 13.0. The molecule has 1 aromatic carbocycles. The lowest BCUT2D eigenvalue weighted by atomic mass is 9.96. The highest BCUT2D eigenvalue weighted by atomic mass is 32.1. The summed E-state index contributed by atoms with van der Waals surface area (Å²) >= 11 is 1.45. The van der Waals surface area contributed by atoms with Crippen molar-refractivity contribution in [3.63, 3.8) is 0 Å². The highest BCUT2D eigenvalue weighted by Gasteiger charge is 2.26. The normalized spacial score (nSPS) is 14.2. The predicted octanol–water partition coefficient (Wildman–Crippen LogP) is 2.27. The number of hydrogen-bond donors (Lipinski definition) is 2. The van der Waals surface area contributed by atoms with Crippen LogP contribution < -0.4 is 15.8 Å². The van der Waals surface area contributed by atoms with Crippen LogP contribution in [-0.2, 0) is 22.4 Å². The number of carbonyl (C=O) groups excluding carboxylic acids is 2. The number of nitrogens with zero attached hydrogens (tertiary/aromatic N) is 4. The molecular formula is C22H23FN6O2S. The van der Waals surface area contributed by atoms with Crippen molar-refractivity contribution in [3.05, 3.63) is 70.2 Å². The zero-order chi connectivity index (χ0) is 22.3. The molecule has 2 aromatic heterocycles. The van der Waals surface area contributed by atoms with Gasteiger partial charge in [0, 0.05) is 43.2 Å². The van der Waals surface area contributed by atoms with Crippen molar-refractivity contribution < 1.29 is 14.0 Å². The maximum Gasteiger partial charge on any atom is 0.244 e. The smallest absolute Gasteiger partial charge is 0.244 e. The van der Waals surface area contributed by atoms with Gasteiger partial charge in [-0.1, -0.05) is 12.1 Å². The second kappa shape index (κ2) is 10.3. The molecule has 0 radical (unpaired) electrons. The van der Waals surface area contributed by atoms with E-state index < -0.39 is 0 Å². The summed E-state index contributed by atoms with van der Waals surface area (Å²) < 4.78 is 13.0. The number of carbonyl (C=O) groups is 2. The van der Waals surface area contributed by atoms with Gasteiger partial charge in [0.1, 0.15) is 5.82 Å². The lowest BCUT2D eigenvalue weighted by Gasteiger charge is -2.31. The van der Waals surface area contributed by atoms with Crippen LogP contribution in [0.3, 0.4) is 0 Å². The molecule has 32 heavy (non-hydrogen) atoms. The largest absolute Gasteiger partial charge is 0.341 e. The van der Waals surface area contributed by atoms with E-state index in [0.717, 1.165) is 10.6 Å². The van der Waals surface area contributed by atoms with Gasteiger partial charge in [-0.2, -0.15) is 0 Å². The lowest BCUT2D eigenvalue weighted by molar-refractivity contribution is -0.131. The first-order chi connectivity index (χ1) is 15.6. The summed E-state index contributed by atoms with van der Waals surface area (Å²) in [6, 6.07) is 8.04. The molecule has 0 unspecified atom stereocenters. The molecule has 10 heteroatoms. The van der Waals surface area contributed by atoms with Crippen LogP contribution in [0.25, 0.3) is 0 Å². The summed E-state index contributed by atoms with van der Waals surface area (Å²) in [4.78, 5) is 39.6. The van der Waals surface area contributed by atoms with Gasteiger partial charge < -0.3 is 4.90 Å². The molecular weight excluding hydrogens is 431 g/mol. The highest BCUT2D eigenvalue weighted by Crippen LogP contribution is 2.20. The number of rotatable bonds is 6. The number of aromatic nitrogens is 3. The van der Waals surface area contributed by atoms with Gasteiger partial charge in [0.15, 0.2) is 0 Å². The molecule has 0 bridgehead atoms. The zero-order valence-electron chi connectivity index (χ0n) is 17.3. The van der Waals surface area contributed by atoms with Crippen LogP contribution in [0.5, 0.6) is 0 Å². The summed E-state index contributed by atoms with van der Waals surface area (Å²) in [6.07, 6.45) is 5.38. The predicted molar refractivity (Wildman–Crippen MR) is 118 cm³/mol. The molecule has 1 saturated heterocycles. The van der Waals surface area contributed by atoms with E-state index in [1.54, 1.807) is 30.6 Å². The summed E-state index contributed by atoms with van der Waals surface area (Å²) in [7, 11) is 0. The standard InChI is InChI=1S/C22H23FN6O2S/c23-17-4-2-15(3-5-17)12-20-26-18(14-32-20)13-19(30)27-28-21(31)16-6-10-29(11-7-16)22-24-8-1-9-25-22/h1-5,8-9,14,16H,6-7,10-13H2,(H,27,30)(H,28,31). The summed E-state index contributed by atoms with van der Waals surface area (Å²) in [5.41, 5.74) is 6.60. The fraction of sp³-hybridized carbons (Fsp3) is 0.318. The summed E-state index contributed by atoms with van der Waals surface area (Å²) in [6.45, 7) is 1.37. The van der Waals surface area contributed by atoms with Crippen LogP contribution in [-0.4, -0.2) is 39.9 Å². The molecule has 2 amide bonds. The Kier molecular flexibility index (Phi) is 7.00. The molecule has 0 saturated carbocycles. The number of hydrazine groups is 1. The van der Waals surface area contributed by atoms with Crippen LogP contribution in [0.15, 0.2) is 48.1 Å². The van der Waals surface area contributed by atoms with Crippen molar-refractivity contribution in [1.82, 2.24) is 25.8 Å². The fourth-order valence-electron chi connectivity index (χ4n) is 3.53. The molecule has 0 atom stereocenters. The minimum absolute atomic E-state index is 0.0734. The fourth-order valence-corrected chi connectivity index (χ4v) is 4.35.